The van der Waals surface area contributed by atoms with Gasteiger partial charge in [-0.05, 0) is 36.6 Å². The van der Waals surface area contributed by atoms with Crippen molar-refractivity contribution in [2.24, 2.45) is 5.73 Å². The first-order valence-corrected chi connectivity index (χ1v) is 6.56. The number of nitrogens with two attached hydrogens (primary N) is 1. The Morgan fingerprint density at radius 2 is 1.74 bits per heavy atom. The van der Waals surface area contributed by atoms with Crippen molar-refractivity contribution in [1.82, 2.24) is 0 Å². The normalized spacial score (nSPS) is 10.2. The third-order valence-corrected chi connectivity index (χ3v) is 3.24. The summed E-state index contributed by atoms with van der Waals surface area (Å²) in [5, 5.41) is 0. The Hall–Kier alpha value is -1.87. The van der Waals surface area contributed by atoms with E-state index in [4.69, 9.17) is 22.7 Å². The number of ether oxygens (including phenoxy) is 1. The molecule has 98 valence electrons. The van der Waals surface area contributed by atoms with E-state index in [9.17, 15) is 0 Å². The summed E-state index contributed by atoms with van der Waals surface area (Å²) in [5.74, 6) is 0.947. The molecule has 0 saturated heterocycles. The van der Waals surface area contributed by atoms with Crippen molar-refractivity contribution < 1.29 is 4.74 Å². The van der Waals surface area contributed by atoms with E-state index >= 15 is 0 Å². The minimum atomic E-state index is 0.411. The molecular weight excluding hydrogens is 254 g/mol. The Bertz CT molecular complexity index is 587. The second-order valence-corrected chi connectivity index (χ2v) is 5.01. The van der Waals surface area contributed by atoms with Crippen LogP contribution in [0.3, 0.4) is 0 Å². The summed E-state index contributed by atoms with van der Waals surface area (Å²) in [7, 11) is 0. The van der Waals surface area contributed by atoms with Gasteiger partial charge in [-0.1, -0.05) is 48.6 Å². The van der Waals surface area contributed by atoms with Crippen LogP contribution in [0.1, 0.15) is 22.3 Å². The Balaban J connectivity index is 2.15. The van der Waals surface area contributed by atoms with Crippen LogP contribution in [0, 0.1) is 13.8 Å². The summed E-state index contributed by atoms with van der Waals surface area (Å²) >= 11 is 4.98. The summed E-state index contributed by atoms with van der Waals surface area (Å²) in [6, 6.07) is 14.0. The van der Waals surface area contributed by atoms with Crippen molar-refractivity contribution >= 4 is 17.2 Å². The second kappa shape index (κ2) is 5.85. The van der Waals surface area contributed by atoms with Crippen molar-refractivity contribution in [3.8, 4) is 5.75 Å². The average molecular weight is 271 g/mol. The van der Waals surface area contributed by atoms with E-state index in [0.29, 0.717) is 11.6 Å². The first-order valence-electron chi connectivity index (χ1n) is 6.15. The van der Waals surface area contributed by atoms with E-state index in [0.717, 1.165) is 28.0 Å². The Morgan fingerprint density at radius 1 is 1.11 bits per heavy atom. The minimum absolute atomic E-state index is 0.411. The van der Waals surface area contributed by atoms with E-state index in [1.165, 1.54) is 0 Å². The third kappa shape index (κ3) is 3.32. The van der Waals surface area contributed by atoms with Crippen LogP contribution in [-0.2, 0) is 6.61 Å². The molecule has 0 unspecified atom stereocenters. The lowest BCUT2D eigenvalue weighted by atomic mass is 10.1. The van der Waals surface area contributed by atoms with Crippen molar-refractivity contribution in [2.45, 2.75) is 20.5 Å². The van der Waals surface area contributed by atoms with E-state index in [1.54, 1.807) is 0 Å². The van der Waals surface area contributed by atoms with Crippen LogP contribution < -0.4 is 10.5 Å². The summed E-state index contributed by atoms with van der Waals surface area (Å²) in [4.78, 5) is 0.411. The maximum atomic E-state index is 5.90. The van der Waals surface area contributed by atoms with Gasteiger partial charge in [-0.15, -0.1) is 0 Å². The first-order chi connectivity index (χ1) is 9.08. The molecule has 0 spiro atoms. The molecule has 0 bridgehead atoms. The molecule has 0 aromatic heterocycles. The summed E-state index contributed by atoms with van der Waals surface area (Å²) < 4.78 is 5.90. The minimum Gasteiger partial charge on any atom is -0.488 e. The second-order valence-electron chi connectivity index (χ2n) is 4.57. The molecule has 2 nitrogen and oxygen atoms in total. The van der Waals surface area contributed by atoms with Crippen molar-refractivity contribution in [1.29, 1.82) is 0 Å². The molecule has 0 fully saturated rings. The van der Waals surface area contributed by atoms with Gasteiger partial charge in [0.2, 0.25) is 0 Å². The predicted octanol–water partition coefficient (Wildman–Crippen LogP) is 3.52. The molecular formula is C16H17NOS. The van der Waals surface area contributed by atoms with Gasteiger partial charge in [0.25, 0.3) is 0 Å². The van der Waals surface area contributed by atoms with Crippen molar-refractivity contribution in [3.05, 3.63) is 64.7 Å². The molecule has 2 aromatic carbocycles. The van der Waals surface area contributed by atoms with Gasteiger partial charge in [0, 0.05) is 5.56 Å². The molecule has 0 aliphatic carbocycles. The molecule has 2 rings (SSSR count). The molecule has 2 N–H and O–H groups in total. The summed E-state index contributed by atoms with van der Waals surface area (Å²) in [6.45, 7) is 4.61. The molecule has 0 amide bonds. The van der Waals surface area contributed by atoms with Gasteiger partial charge in [-0.3, -0.25) is 0 Å². The lowest BCUT2D eigenvalue weighted by molar-refractivity contribution is 0.302. The number of rotatable bonds is 4. The number of hydrogen-bond donors (Lipinski definition) is 1. The SMILES string of the molecule is Cc1cccc(C)c1OCc1cccc(C(N)=S)c1. The predicted molar refractivity (Wildman–Crippen MR) is 82.6 cm³/mol. The fourth-order valence-corrected chi connectivity index (χ4v) is 2.12. The van der Waals surface area contributed by atoms with Crippen LogP contribution in [0.25, 0.3) is 0 Å². The van der Waals surface area contributed by atoms with Gasteiger partial charge >= 0.3 is 0 Å². The lowest BCUT2D eigenvalue weighted by Crippen LogP contribution is -2.10. The molecule has 2 aromatic rings. The first kappa shape index (κ1) is 13.6. The third-order valence-electron chi connectivity index (χ3n) is 3.00. The zero-order valence-corrected chi connectivity index (χ0v) is 12.0. The Labute approximate surface area is 119 Å². The molecule has 0 radical (unpaired) electrons. The number of hydrogen-bond acceptors (Lipinski definition) is 2. The molecule has 3 heteroatoms. The quantitative estimate of drug-likeness (QED) is 0.864. The van der Waals surface area contributed by atoms with Crippen molar-refractivity contribution in [2.75, 3.05) is 0 Å². The summed E-state index contributed by atoms with van der Waals surface area (Å²) in [6.07, 6.45) is 0. The summed E-state index contributed by atoms with van der Waals surface area (Å²) in [5.41, 5.74) is 9.85. The van der Waals surface area contributed by atoms with Gasteiger partial charge in [-0.25, -0.2) is 0 Å². The number of benzene rings is 2. The molecule has 0 saturated carbocycles. The largest absolute Gasteiger partial charge is 0.488 e. The van der Waals surface area contributed by atoms with Gasteiger partial charge in [0.1, 0.15) is 17.3 Å². The topological polar surface area (TPSA) is 35.2 Å². The van der Waals surface area contributed by atoms with Crippen LogP contribution in [-0.4, -0.2) is 4.99 Å². The lowest BCUT2D eigenvalue weighted by Gasteiger charge is -2.12. The average Bonchev–Trinajstić information content (AvgIpc) is 2.38. The monoisotopic (exact) mass is 271 g/mol. The Morgan fingerprint density at radius 3 is 2.37 bits per heavy atom. The van der Waals surface area contributed by atoms with Crippen LogP contribution in [0.4, 0.5) is 0 Å². The molecule has 0 heterocycles. The zero-order valence-electron chi connectivity index (χ0n) is 11.1. The number of thiocarbonyl (C=S) groups is 1. The van der Waals surface area contributed by atoms with E-state index in [2.05, 4.69) is 0 Å². The number of aryl methyl sites for hydroxylation is 2. The zero-order chi connectivity index (χ0) is 13.8. The number of para-hydroxylation sites is 1. The highest BCUT2D eigenvalue weighted by Gasteiger charge is 2.04. The fraction of sp³-hybridized carbons (Fsp3) is 0.188. The van der Waals surface area contributed by atoms with E-state index in [-0.39, 0.29) is 0 Å². The highest BCUT2D eigenvalue weighted by molar-refractivity contribution is 7.80. The van der Waals surface area contributed by atoms with Crippen LogP contribution in [0.15, 0.2) is 42.5 Å². The Kier molecular flexibility index (Phi) is 4.17. The molecule has 0 aliphatic rings. The van der Waals surface area contributed by atoms with Crippen LogP contribution in [0.5, 0.6) is 5.75 Å². The highest BCUT2D eigenvalue weighted by atomic mass is 32.1. The van der Waals surface area contributed by atoms with Gasteiger partial charge in [0.15, 0.2) is 0 Å². The highest BCUT2D eigenvalue weighted by Crippen LogP contribution is 2.23. The van der Waals surface area contributed by atoms with Gasteiger partial charge in [-0.2, -0.15) is 0 Å². The maximum absolute atomic E-state index is 5.90. The van der Waals surface area contributed by atoms with Gasteiger partial charge < -0.3 is 10.5 Å². The van der Waals surface area contributed by atoms with Crippen molar-refractivity contribution in [3.63, 3.8) is 0 Å². The van der Waals surface area contributed by atoms with Crippen LogP contribution >= 0.6 is 12.2 Å². The fourth-order valence-electron chi connectivity index (χ4n) is 2.00. The van der Waals surface area contributed by atoms with Gasteiger partial charge in [0.05, 0.1) is 0 Å². The smallest absolute Gasteiger partial charge is 0.125 e. The van der Waals surface area contributed by atoms with E-state index < -0.39 is 0 Å². The molecule has 0 atom stereocenters. The molecule has 19 heavy (non-hydrogen) atoms. The van der Waals surface area contributed by atoms with E-state index in [1.807, 2.05) is 56.3 Å². The molecule has 0 aliphatic heterocycles. The standard InChI is InChI=1S/C16H17NOS/c1-11-5-3-6-12(2)15(11)18-10-13-7-4-8-14(9-13)16(17)19/h3-9H,10H2,1-2H3,(H2,17,19). The van der Waals surface area contributed by atoms with Crippen LogP contribution in [0.2, 0.25) is 0 Å². The maximum Gasteiger partial charge on any atom is 0.125 e.